The molecule has 0 saturated carbocycles. The van der Waals surface area contributed by atoms with Crippen LogP contribution in [0.25, 0.3) is 0 Å². The van der Waals surface area contributed by atoms with Gasteiger partial charge in [0.25, 0.3) is 0 Å². The standard InChI is InChI=1S/C12H21NO/c1-3-11(4-2)9-7-5-6-8-10-12(13)14/h3-4H,1,5-10H2,2H3,(H2,13,14)/b11-4+. The first-order chi connectivity index (χ1) is 6.70. The third-order valence-corrected chi connectivity index (χ3v) is 2.27. The van der Waals surface area contributed by atoms with Gasteiger partial charge in [-0.2, -0.15) is 0 Å². The number of carbonyl (C=O) groups excluding carboxylic acids is 1. The molecule has 0 fully saturated rings. The van der Waals surface area contributed by atoms with Gasteiger partial charge in [0.05, 0.1) is 0 Å². The third kappa shape index (κ3) is 7.59. The highest BCUT2D eigenvalue weighted by Gasteiger charge is 1.95. The van der Waals surface area contributed by atoms with Crippen molar-refractivity contribution in [1.29, 1.82) is 0 Å². The van der Waals surface area contributed by atoms with Crippen molar-refractivity contribution in [2.24, 2.45) is 5.73 Å². The summed E-state index contributed by atoms with van der Waals surface area (Å²) in [6, 6.07) is 0. The van der Waals surface area contributed by atoms with Crippen LogP contribution in [0.4, 0.5) is 0 Å². The lowest BCUT2D eigenvalue weighted by atomic mass is 10.1. The normalized spacial score (nSPS) is 11.4. The minimum absolute atomic E-state index is 0.190. The van der Waals surface area contributed by atoms with E-state index in [1.807, 2.05) is 13.0 Å². The van der Waals surface area contributed by atoms with Crippen molar-refractivity contribution in [2.75, 3.05) is 0 Å². The molecular formula is C12H21NO. The van der Waals surface area contributed by atoms with Gasteiger partial charge in [-0.25, -0.2) is 0 Å². The average Bonchev–Trinajstić information content (AvgIpc) is 2.16. The first-order valence-electron chi connectivity index (χ1n) is 5.26. The number of unbranched alkanes of at least 4 members (excludes halogenated alkanes) is 3. The van der Waals surface area contributed by atoms with Crippen molar-refractivity contribution >= 4 is 5.91 Å². The van der Waals surface area contributed by atoms with Crippen molar-refractivity contribution in [1.82, 2.24) is 0 Å². The molecule has 0 aliphatic heterocycles. The molecule has 0 atom stereocenters. The van der Waals surface area contributed by atoms with Crippen LogP contribution in [-0.4, -0.2) is 5.91 Å². The summed E-state index contributed by atoms with van der Waals surface area (Å²) in [4.78, 5) is 10.4. The van der Waals surface area contributed by atoms with E-state index in [1.54, 1.807) is 0 Å². The molecule has 0 aromatic heterocycles. The molecule has 0 spiro atoms. The van der Waals surface area contributed by atoms with E-state index in [0.29, 0.717) is 6.42 Å². The minimum atomic E-state index is -0.190. The average molecular weight is 195 g/mol. The molecular weight excluding hydrogens is 174 g/mol. The molecule has 0 rings (SSSR count). The SMILES string of the molecule is C=C/C(=C\C)CCCCCCC(N)=O. The highest BCUT2D eigenvalue weighted by Crippen LogP contribution is 2.11. The first kappa shape index (κ1) is 12.9. The lowest BCUT2D eigenvalue weighted by Crippen LogP contribution is -2.09. The van der Waals surface area contributed by atoms with Gasteiger partial charge in [-0.3, -0.25) is 4.79 Å². The van der Waals surface area contributed by atoms with Crippen LogP contribution in [0.15, 0.2) is 24.3 Å². The molecule has 0 bridgehead atoms. The van der Waals surface area contributed by atoms with E-state index in [2.05, 4.69) is 12.7 Å². The van der Waals surface area contributed by atoms with E-state index in [1.165, 1.54) is 18.4 Å². The highest BCUT2D eigenvalue weighted by atomic mass is 16.1. The number of allylic oxidation sites excluding steroid dienone is 3. The largest absolute Gasteiger partial charge is 0.370 e. The summed E-state index contributed by atoms with van der Waals surface area (Å²) in [5, 5.41) is 0. The Morgan fingerprint density at radius 1 is 1.21 bits per heavy atom. The van der Waals surface area contributed by atoms with Gasteiger partial charge in [0.2, 0.25) is 5.91 Å². The summed E-state index contributed by atoms with van der Waals surface area (Å²) in [5.41, 5.74) is 6.34. The Morgan fingerprint density at radius 3 is 2.21 bits per heavy atom. The van der Waals surface area contributed by atoms with Crippen molar-refractivity contribution in [2.45, 2.75) is 45.4 Å². The van der Waals surface area contributed by atoms with Gasteiger partial charge >= 0.3 is 0 Å². The summed E-state index contributed by atoms with van der Waals surface area (Å²) in [6.45, 7) is 5.77. The molecule has 0 heterocycles. The molecule has 0 aliphatic carbocycles. The summed E-state index contributed by atoms with van der Waals surface area (Å²) < 4.78 is 0. The Morgan fingerprint density at radius 2 is 1.79 bits per heavy atom. The fraction of sp³-hybridized carbons (Fsp3) is 0.583. The van der Waals surface area contributed by atoms with Gasteiger partial charge in [-0.1, -0.05) is 37.1 Å². The molecule has 0 unspecified atom stereocenters. The molecule has 0 aromatic carbocycles. The van der Waals surface area contributed by atoms with Crippen molar-refractivity contribution < 1.29 is 4.79 Å². The summed E-state index contributed by atoms with van der Waals surface area (Å²) in [7, 11) is 0. The highest BCUT2D eigenvalue weighted by molar-refractivity contribution is 5.73. The molecule has 1 amide bonds. The molecule has 0 radical (unpaired) electrons. The molecule has 80 valence electrons. The van der Waals surface area contributed by atoms with E-state index < -0.39 is 0 Å². The van der Waals surface area contributed by atoms with E-state index in [4.69, 9.17) is 5.73 Å². The number of primary amides is 1. The molecule has 2 heteroatoms. The van der Waals surface area contributed by atoms with Gasteiger partial charge in [-0.05, 0) is 26.2 Å². The maximum Gasteiger partial charge on any atom is 0.217 e. The maximum atomic E-state index is 10.4. The molecule has 0 aromatic rings. The van der Waals surface area contributed by atoms with Crippen LogP contribution >= 0.6 is 0 Å². The van der Waals surface area contributed by atoms with E-state index in [9.17, 15) is 4.79 Å². The van der Waals surface area contributed by atoms with Gasteiger partial charge in [0, 0.05) is 6.42 Å². The second kappa shape index (κ2) is 8.54. The Kier molecular flexibility index (Phi) is 7.90. The Hall–Kier alpha value is -1.05. The number of hydrogen-bond donors (Lipinski definition) is 1. The topological polar surface area (TPSA) is 43.1 Å². The van der Waals surface area contributed by atoms with Crippen LogP contribution in [0.3, 0.4) is 0 Å². The third-order valence-electron chi connectivity index (χ3n) is 2.27. The fourth-order valence-corrected chi connectivity index (χ4v) is 1.35. The van der Waals surface area contributed by atoms with Crippen LogP contribution in [0.1, 0.15) is 45.4 Å². The smallest absolute Gasteiger partial charge is 0.217 e. The van der Waals surface area contributed by atoms with Gasteiger partial charge < -0.3 is 5.73 Å². The van der Waals surface area contributed by atoms with E-state index in [-0.39, 0.29) is 5.91 Å². The molecule has 0 aliphatic rings. The summed E-state index contributed by atoms with van der Waals surface area (Å²) in [5.74, 6) is -0.190. The summed E-state index contributed by atoms with van der Waals surface area (Å²) in [6.07, 6.45) is 9.98. The van der Waals surface area contributed by atoms with Crippen molar-refractivity contribution in [3.63, 3.8) is 0 Å². The lowest BCUT2D eigenvalue weighted by Gasteiger charge is -2.01. The van der Waals surface area contributed by atoms with Crippen molar-refractivity contribution in [3.05, 3.63) is 24.3 Å². The van der Waals surface area contributed by atoms with Gasteiger partial charge in [0.1, 0.15) is 0 Å². The van der Waals surface area contributed by atoms with Crippen LogP contribution < -0.4 is 5.73 Å². The van der Waals surface area contributed by atoms with E-state index >= 15 is 0 Å². The Bertz CT molecular complexity index is 206. The predicted molar refractivity (Wildman–Crippen MR) is 60.9 cm³/mol. The number of hydrogen-bond acceptors (Lipinski definition) is 1. The summed E-state index contributed by atoms with van der Waals surface area (Å²) >= 11 is 0. The fourth-order valence-electron chi connectivity index (χ4n) is 1.35. The molecule has 14 heavy (non-hydrogen) atoms. The van der Waals surface area contributed by atoms with Gasteiger partial charge in [-0.15, -0.1) is 0 Å². The molecule has 2 nitrogen and oxygen atoms in total. The Balaban J connectivity index is 3.29. The first-order valence-corrected chi connectivity index (χ1v) is 5.26. The lowest BCUT2D eigenvalue weighted by molar-refractivity contribution is -0.118. The number of amides is 1. The number of nitrogens with two attached hydrogens (primary N) is 1. The molecule has 0 saturated heterocycles. The zero-order chi connectivity index (χ0) is 10.8. The zero-order valence-corrected chi connectivity index (χ0v) is 9.09. The second-order valence-corrected chi connectivity index (χ2v) is 3.45. The van der Waals surface area contributed by atoms with Crippen LogP contribution in [0.2, 0.25) is 0 Å². The number of rotatable bonds is 8. The van der Waals surface area contributed by atoms with Crippen LogP contribution in [0.5, 0.6) is 0 Å². The van der Waals surface area contributed by atoms with Crippen LogP contribution in [-0.2, 0) is 4.79 Å². The number of carbonyl (C=O) groups is 1. The van der Waals surface area contributed by atoms with Gasteiger partial charge in [0.15, 0.2) is 0 Å². The Labute approximate surface area is 86.9 Å². The van der Waals surface area contributed by atoms with E-state index in [0.717, 1.165) is 19.3 Å². The second-order valence-electron chi connectivity index (χ2n) is 3.45. The predicted octanol–water partition coefficient (Wildman–Crippen LogP) is 2.94. The quantitative estimate of drug-likeness (QED) is 0.469. The maximum absolute atomic E-state index is 10.4. The monoisotopic (exact) mass is 195 g/mol. The minimum Gasteiger partial charge on any atom is -0.370 e. The van der Waals surface area contributed by atoms with Crippen molar-refractivity contribution in [3.8, 4) is 0 Å². The van der Waals surface area contributed by atoms with Crippen LogP contribution in [0, 0.1) is 0 Å². The zero-order valence-electron chi connectivity index (χ0n) is 9.09. The molecule has 2 N–H and O–H groups in total.